The third-order valence-electron chi connectivity index (χ3n) is 4.87. The predicted molar refractivity (Wildman–Crippen MR) is 88.9 cm³/mol. The highest BCUT2D eigenvalue weighted by Crippen LogP contribution is 2.41. The summed E-state index contributed by atoms with van der Waals surface area (Å²) < 4.78 is 34.0. The molecule has 0 spiro atoms. The van der Waals surface area contributed by atoms with Crippen molar-refractivity contribution in [3.63, 3.8) is 0 Å². The van der Waals surface area contributed by atoms with Crippen molar-refractivity contribution in [2.45, 2.75) is 36.8 Å². The summed E-state index contributed by atoms with van der Waals surface area (Å²) >= 11 is 0. The van der Waals surface area contributed by atoms with Gasteiger partial charge < -0.3 is 4.74 Å². The molecule has 1 aliphatic heterocycles. The van der Waals surface area contributed by atoms with Crippen LogP contribution in [0.25, 0.3) is 0 Å². The van der Waals surface area contributed by atoms with Crippen LogP contribution in [0.15, 0.2) is 41.6 Å². The average Bonchev–Trinajstić information content (AvgIpc) is 3.29. The number of aryl methyl sites for hydroxylation is 1. The molecule has 1 saturated carbocycles. The van der Waals surface area contributed by atoms with Crippen molar-refractivity contribution in [3.8, 4) is 0 Å². The zero-order valence-electron chi connectivity index (χ0n) is 13.6. The van der Waals surface area contributed by atoms with E-state index in [9.17, 15) is 8.42 Å². The second kappa shape index (κ2) is 5.98. The van der Waals surface area contributed by atoms with Crippen molar-refractivity contribution >= 4 is 10.0 Å². The van der Waals surface area contributed by atoms with Gasteiger partial charge in [-0.15, -0.1) is 0 Å². The Bertz CT molecular complexity index is 798. The van der Waals surface area contributed by atoms with Crippen molar-refractivity contribution in [2.75, 3.05) is 13.2 Å². The third kappa shape index (κ3) is 2.87. The number of H-pyrrole nitrogens is 1. The number of morpholine rings is 1. The van der Waals surface area contributed by atoms with Gasteiger partial charge in [0.05, 0.1) is 29.8 Å². The number of benzene rings is 1. The normalized spacial score (nSPS) is 25.7. The number of nitrogens with zero attached hydrogens (tertiary/aromatic N) is 2. The molecular formula is C17H21N3O3S. The van der Waals surface area contributed by atoms with E-state index in [1.54, 1.807) is 28.8 Å². The first-order valence-corrected chi connectivity index (χ1v) is 9.68. The molecular weight excluding hydrogens is 326 g/mol. The topological polar surface area (TPSA) is 75.3 Å². The van der Waals surface area contributed by atoms with Crippen LogP contribution in [0.1, 0.15) is 30.1 Å². The molecule has 2 aliphatic rings. The number of hydrogen-bond acceptors (Lipinski definition) is 4. The summed E-state index contributed by atoms with van der Waals surface area (Å²) in [6, 6.07) is 6.99. The third-order valence-corrected chi connectivity index (χ3v) is 6.77. The van der Waals surface area contributed by atoms with Crippen molar-refractivity contribution in [1.29, 1.82) is 0 Å². The van der Waals surface area contributed by atoms with E-state index in [1.165, 1.54) is 0 Å². The van der Waals surface area contributed by atoms with Crippen LogP contribution >= 0.6 is 0 Å². The highest BCUT2D eigenvalue weighted by molar-refractivity contribution is 7.89. The van der Waals surface area contributed by atoms with Crippen molar-refractivity contribution in [3.05, 3.63) is 47.8 Å². The van der Waals surface area contributed by atoms with Gasteiger partial charge in [0.25, 0.3) is 0 Å². The summed E-state index contributed by atoms with van der Waals surface area (Å²) in [4.78, 5) is 0.353. The SMILES string of the molecule is Cc1ccc(S(=O)(=O)N2CC(c3cn[nH]c3)OCC2C2CC2)cc1. The van der Waals surface area contributed by atoms with Gasteiger partial charge in [-0.05, 0) is 37.8 Å². The monoisotopic (exact) mass is 347 g/mol. The number of aromatic amines is 1. The molecule has 2 unspecified atom stereocenters. The molecule has 2 heterocycles. The minimum absolute atomic E-state index is 0.0699. The van der Waals surface area contributed by atoms with Crippen LogP contribution in [0.3, 0.4) is 0 Å². The van der Waals surface area contributed by atoms with Gasteiger partial charge in [-0.3, -0.25) is 5.10 Å². The number of aromatic nitrogens is 2. The lowest BCUT2D eigenvalue weighted by Gasteiger charge is -2.38. The van der Waals surface area contributed by atoms with E-state index in [0.29, 0.717) is 24.0 Å². The lowest BCUT2D eigenvalue weighted by atomic mass is 10.1. The van der Waals surface area contributed by atoms with E-state index >= 15 is 0 Å². The average molecular weight is 347 g/mol. The highest BCUT2D eigenvalue weighted by atomic mass is 32.2. The maximum absolute atomic E-state index is 13.2. The molecule has 24 heavy (non-hydrogen) atoms. The summed E-state index contributed by atoms with van der Waals surface area (Å²) in [6.45, 7) is 2.72. The molecule has 7 heteroatoms. The first-order valence-electron chi connectivity index (χ1n) is 8.24. The Labute approximate surface area is 141 Å². The Morgan fingerprint density at radius 1 is 1.25 bits per heavy atom. The second-order valence-electron chi connectivity index (χ2n) is 6.65. The highest BCUT2D eigenvalue weighted by Gasteiger charge is 2.45. The largest absolute Gasteiger partial charge is 0.370 e. The molecule has 1 aromatic carbocycles. The summed E-state index contributed by atoms with van der Waals surface area (Å²) in [5, 5.41) is 6.71. The van der Waals surface area contributed by atoms with E-state index in [0.717, 1.165) is 24.0 Å². The first-order chi connectivity index (χ1) is 11.6. The zero-order valence-corrected chi connectivity index (χ0v) is 14.4. The van der Waals surface area contributed by atoms with Crippen molar-refractivity contribution < 1.29 is 13.2 Å². The quantitative estimate of drug-likeness (QED) is 0.920. The van der Waals surface area contributed by atoms with Gasteiger partial charge in [-0.25, -0.2) is 8.42 Å². The Balaban J connectivity index is 1.66. The van der Waals surface area contributed by atoms with Crippen LogP contribution < -0.4 is 0 Å². The molecule has 1 aliphatic carbocycles. The minimum atomic E-state index is -3.53. The lowest BCUT2D eigenvalue weighted by Crippen LogP contribution is -2.50. The van der Waals surface area contributed by atoms with E-state index in [4.69, 9.17) is 4.74 Å². The molecule has 2 atom stereocenters. The maximum atomic E-state index is 13.2. The molecule has 128 valence electrons. The van der Waals surface area contributed by atoms with E-state index in [2.05, 4.69) is 10.2 Å². The van der Waals surface area contributed by atoms with Gasteiger partial charge in [0.1, 0.15) is 0 Å². The molecule has 0 amide bonds. The molecule has 1 aromatic heterocycles. The van der Waals surface area contributed by atoms with Gasteiger partial charge in [0, 0.05) is 18.3 Å². The van der Waals surface area contributed by atoms with Crippen LogP contribution in [-0.2, 0) is 14.8 Å². The number of sulfonamides is 1. The van der Waals surface area contributed by atoms with Crippen LogP contribution in [0.4, 0.5) is 0 Å². The van der Waals surface area contributed by atoms with Crippen LogP contribution in [0, 0.1) is 12.8 Å². The molecule has 1 N–H and O–H groups in total. The summed E-state index contributed by atoms with van der Waals surface area (Å²) in [5.74, 6) is 0.413. The Morgan fingerprint density at radius 2 is 2.00 bits per heavy atom. The lowest BCUT2D eigenvalue weighted by molar-refractivity contribution is -0.0394. The van der Waals surface area contributed by atoms with Gasteiger partial charge in [0.2, 0.25) is 10.0 Å². The minimum Gasteiger partial charge on any atom is -0.370 e. The van der Waals surface area contributed by atoms with Crippen LogP contribution in [0.5, 0.6) is 0 Å². The van der Waals surface area contributed by atoms with Crippen molar-refractivity contribution in [2.24, 2.45) is 5.92 Å². The van der Waals surface area contributed by atoms with Gasteiger partial charge in [0.15, 0.2) is 0 Å². The van der Waals surface area contributed by atoms with Crippen LogP contribution in [-0.4, -0.2) is 42.1 Å². The second-order valence-corrected chi connectivity index (χ2v) is 8.54. The van der Waals surface area contributed by atoms with E-state index in [-0.39, 0.29) is 12.1 Å². The Kier molecular flexibility index (Phi) is 3.94. The predicted octanol–water partition coefficient (Wildman–Crippen LogP) is 2.26. The summed E-state index contributed by atoms with van der Waals surface area (Å²) in [6.07, 6.45) is 5.32. The molecule has 0 bridgehead atoms. The standard InChI is InChI=1S/C17H21N3O3S/c1-12-2-6-15(7-3-12)24(21,22)20-10-17(14-8-18-19-9-14)23-11-16(20)13-4-5-13/h2-3,6-9,13,16-17H,4-5,10-11H2,1H3,(H,18,19). The fourth-order valence-electron chi connectivity index (χ4n) is 3.26. The molecule has 2 aromatic rings. The van der Waals surface area contributed by atoms with Gasteiger partial charge >= 0.3 is 0 Å². The first kappa shape index (κ1) is 15.8. The van der Waals surface area contributed by atoms with Gasteiger partial charge in [-0.2, -0.15) is 9.40 Å². The number of hydrogen-bond donors (Lipinski definition) is 1. The summed E-state index contributed by atoms with van der Waals surface area (Å²) in [7, 11) is -3.53. The Morgan fingerprint density at radius 3 is 2.62 bits per heavy atom. The molecule has 6 nitrogen and oxygen atoms in total. The van der Waals surface area contributed by atoms with Gasteiger partial charge in [-0.1, -0.05) is 17.7 Å². The molecule has 1 saturated heterocycles. The van der Waals surface area contributed by atoms with E-state index < -0.39 is 10.0 Å². The zero-order chi connectivity index (χ0) is 16.7. The maximum Gasteiger partial charge on any atom is 0.243 e. The fourth-order valence-corrected chi connectivity index (χ4v) is 4.93. The Hall–Kier alpha value is -1.70. The fraction of sp³-hybridized carbons (Fsp3) is 0.471. The molecule has 0 radical (unpaired) electrons. The molecule has 4 rings (SSSR count). The summed E-state index contributed by atoms with van der Waals surface area (Å²) in [5.41, 5.74) is 1.93. The van der Waals surface area contributed by atoms with Crippen LogP contribution in [0.2, 0.25) is 0 Å². The smallest absolute Gasteiger partial charge is 0.243 e. The number of rotatable bonds is 4. The molecule has 2 fully saturated rings. The number of ether oxygens (including phenoxy) is 1. The number of nitrogens with one attached hydrogen (secondary N) is 1. The van der Waals surface area contributed by atoms with Crippen molar-refractivity contribution in [1.82, 2.24) is 14.5 Å². The van der Waals surface area contributed by atoms with E-state index in [1.807, 2.05) is 19.1 Å².